The minimum absolute atomic E-state index is 0.0881. The Balaban J connectivity index is 1.42. The molecule has 0 spiro atoms. The van der Waals surface area contributed by atoms with Crippen molar-refractivity contribution in [2.45, 2.75) is 37.3 Å². The molecule has 4 heterocycles. The number of thiophene rings is 1. The first kappa shape index (κ1) is 22.4. The summed E-state index contributed by atoms with van der Waals surface area (Å²) in [5.41, 5.74) is 0.620. The summed E-state index contributed by atoms with van der Waals surface area (Å²) in [6, 6.07) is 1.59. The van der Waals surface area contributed by atoms with Gasteiger partial charge in [0.2, 0.25) is 17.6 Å². The van der Waals surface area contributed by atoms with Crippen LogP contribution in [0.1, 0.15) is 32.1 Å². The first-order valence-corrected chi connectivity index (χ1v) is 13.1. The predicted molar refractivity (Wildman–Crippen MR) is 117 cm³/mol. The van der Waals surface area contributed by atoms with Crippen LogP contribution >= 0.6 is 11.3 Å². The second kappa shape index (κ2) is 9.35. The van der Waals surface area contributed by atoms with E-state index in [-0.39, 0.29) is 22.6 Å². The number of aromatic nitrogens is 2. The second-order valence-corrected chi connectivity index (χ2v) is 11.2. The van der Waals surface area contributed by atoms with Gasteiger partial charge in [0.05, 0.1) is 5.92 Å². The van der Waals surface area contributed by atoms with E-state index in [0.717, 1.165) is 56.9 Å². The van der Waals surface area contributed by atoms with Gasteiger partial charge >= 0.3 is 0 Å². The SMILES string of the molecule is CCCN1CCN(C(=O)[C@@H]2CCCN(S(=O)(=O)c3cc(-c4noc(C)n4)cs3)C2)CC1. The van der Waals surface area contributed by atoms with E-state index in [2.05, 4.69) is 22.0 Å². The smallest absolute Gasteiger partial charge is 0.252 e. The highest BCUT2D eigenvalue weighted by Crippen LogP contribution is 2.31. The van der Waals surface area contributed by atoms with Gasteiger partial charge in [-0.15, -0.1) is 11.3 Å². The minimum Gasteiger partial charge on any atom is -0.340 e. The lowest BCUT2D eigenvalue weighted by Gasteiger charge is -2.38. The van der Waals surface area contributed by atoms with Crippen molar-refractivity contribution in [3.8, 4) is 11.4 Å². The van der Waals surface area contributed by atoms with Gasteiger partial charge in [0.15, 0.2) is 0 Å². The molecule has 0 unspecified atom stereocenters. The molecule has 2 fully saturated rings. The largest absolute Gasteiger partial charge is 0.340 e. The molecule has 170 valence electrons. The number of piperidine rings is 1. The minimum atomic E-state index is -3.67. The predicted octanol–water partition coefficient (Wildman–Crippen LogP) is 2.06. The van der Waals surface area contributed by atoms with E-state index in [1.54, 1.807) is 18.4 Å². The molecule has 0 aliphatic carbocycles. The average Bonchev–Trinajstić information content (AvgIpc) is 3.44. The van der Waals surface area contributed by atoms with Crippen molar-refractivity contribution < 1.29 is 17.7 Å². The Bertz CT molecular complexity index is 1010. The van der Waals surface area contributed by atoms with Crippen molar-refractivity contribution in [1.82, 2.24) is 24.2 Å². The van der Waals surface area contributed by atoms with E-state index in [4.69, 9.17) is 4.52 Å². The summed E-state index contributed by atoms with van der Waals surface area (Å²) < 4.78 is 33.2. The first-order valence-electron chi connectivity index (χ1n) is 10.8. The lowest BCUT2D eigenvalue weighted by atomic mass is 9.98. The Kier molecular flexibility index (Phi) is 6.75. The maximum Gasteiger partial charge on any atom is 0.252 e. The van der Waals surface area contributed by atoms with Crippen LogP contribution in [-0.2, 0) is 14.8 Å². The molecule has 2 aliphatic rings. The molecule has 0 aromatic carbocycles. The zero-order chi connectivity index (χ0) is 22.0. The molecule has 0 bridgehead atoms. The quantitative estimate of drug-likeness (QED) is 0.641. The Morgan fingerprint density at radius 2 is 2.03 bits per heavy atom. The van der Waals surface area contributed by atoms with Gasteiger partial charge in [-0.1, -0.05) is 12.1 Å². The Labute approximate surface area is 187 Å². The van der Waals surface area contributed by atoms with Crippen LogP contribution < -0.4 is 0 Å². The maximum atomic E-state index is 13.2. The van der Waals surface area contributed by atoms with E-state index in [1.807, 2.05) is 4.90 Å². The van der Waals surface area contributed by atoms with E-state index < -0.39 is 10.0 Å². The third-order valence-corrected chi connectivity index (χ3v) is 9.19. The molecule has 0 radical (unpaired) electrons. The van der Waals surface area contributed by atoms with Crippen LogP contribution in [0, 0.1) is 12.8 Å². The summed E-state index contributed by atoms with van der Waals surface area (Å²) >= 11 is 1.14. The Morgan fingerprint density at radius 3 is 2.71 bits per heavy atom. The van der Waals surface area contributed by atoms with Crippen LogP contribution in [-0.4, -0.2) is 84.4 Å². The fourth-order valence-corrected chi connectivity index (χ4v) is 7.08. The number of piperazine rings is 1. The van der Waals surface area contributed by atoms with Crippen LogP contribution in [0.4, 0.5) is 0 Å². The number of amides is 1. The van der Waals surface area contributed by atoms with Crippen molar-refractivity contribution in [2.75, 3.05) is 45.8 Å². The van der Waals surface area contributed by atoms with Crippen molar-refractivity contribution >= 4 is 27.3 Å². The van der Waals surface area contributed by atoms with Gasteiger partial charge in [0.25, 0.3) is 10.0 Å². The van der Waals surface area contributed by atoms with Crippen molar-refractivity contribution in [3.63, 3.8) is 0 Å². The van der Waals surface area contributed by atoms with Gasteiger partial charge in [-0.3, -0.25) is 9.69 Å². The van der Waals surface area contributed by atoms with Gasteiger partial charge in [-0.25, -0.2) is 8.42 Å². The van der Waals surface area contributed by atoms with Crippen LogP contribution in [0.15, 0.2) is 20.2 Å². The number of aryl methyl sites for hydroxylation is 1. The lowest BCUT2D eigenvalue weighted by molar-refractivity contribution is -0.138. The molecule has 9 nitrogen and oxygen atoms in total. The summed E-state index contributed by atoms with van der Waals surface area (Å²) in [5, 5.41) is 5.58. The highest BCUT2D eigenvalue weighted by atomic mass is 32.2. The number of rotatable bonds is 6. The molecule has 1 amide bonds. The molecule has 2 aliphatic heterocycles. The van der Waals surface area contributed by atoms with Gasteiger partial charge in [-0.2, -0.15) is 9.29 Å². The third kappa shape index (κ3) is 4.84. The Hall–Kier alpha value is -1.82. The summed E-state index contributed by atoms with van der Waals surface area (Å²) in [4.78, 5) is 21.5. The van der Waals surface area contributed by atoms with Crippen molar-refractivity contribution in [2.24, 2.45) is 5.92 Å². The summed E-state index contributed by atoms with van der Waals surface area (Å²) in [6.45, 7) is 8.81. The number of sulfonamides is 1. The zero-order valence-corrected chi connectivity index (χ0v) is 19.6. The van der Waals surface area contributed by atoms with Gasteiger partial charge in [0.1, 0.15) is 4.21 Å². The highest BCUT2D eigenvalue weighted by Gasteiger charge is 2.36. The summed E-state index contributed by atoms with van der Waals surface area (Å²) in [6.07, 6.45) is 2.53. The van der Waals surface area contributed by atoms with Gasteiger partial charge in [0, 0.05) is 57.1 Å². The number of nitrogens with zero attached hydrogens (tertiary/aromatic N) is 5. The fourth-order valence-electron chi connectivity index (χ4n) is 4.24. The normalized spacial score (nSPS) is 21.5. The molecular formula is C20H29N5O4S2. The van der Waals surface area contributed by atoms with Gasteiger partial charge < -0.3 is 9.42 Å². The zero-order valence-electron chi connectivity index (χ0n) is 18.0. The molecule has 4 rings (SSSR count). The van der Waals surface area contributed by atoms with Crippen LogP contribution in [0.5, 0.6) is 0 Å². The van der Waals surface area contributed by atoms with E-state index >= 15 is 0 Å². The molecule has 2 aromatic heterocycles. The summed E-state index contributed by atoms with van der Waals surface area (Å²) in [7, 11) is -3.67. The van der Waals surface area contributed by atoms with Gasteiger partial charge in [-0.05, 0) is 31.9 Å². The number of hydrogen-bond acceptors (Lipinski definition) is 8. The molecular weight excluding hydrogens is 438 g/mol. The Morgan fingerprint density at radius 1 is 1.26 bits per heavy atom. The molecule has 11 heteroatoms. The highest BCUT2D eigenvalue weighted by molar-refractivity contribution is 7.91. The molecule has 0 saturated carbocycles. The molecule has 0 N–H and O–H groups in total. The van der Waals surface area contributed by atoms with E-state index in [9.17, 15) is 13.2 Å². The molecule has 2 saturated heterocycles. The van der Waals surface area contributed by atoms with Crippen LogP contribution in [0.3, 0.4) is 0 Å². The molecule has 2 aromatic rings. The average molecular weight is 468 g/mol. The molecule has 31 heavy (non-hydrogen) atoms. The fraction of sp³-hybridized carbons (Fsp3) is 0.650. The standard InChI is InChI=1S/C20H29N5O4S2/c1-3-6-23-8-10-24(11-9-23)20(26)16-5-4-7-25(13-16)31(27,28)18-12-17(14-30-18)19-21-15(2)29-22-19/h12,14,16H,3-11,13H2,1-2H3/t16-/m1/s1. The molecule has 1 atom stereocenters. The number of carbonyl (C=O) groups is 1. The van der Waals surface area contributed by atoms with Crippen molar-refractivity contribution in [3.05, 3.63) is 17.3 Å². The van der Waals surface area contributed by atoms with Crippen LogP contribution in [0.2, 0.25) is 0 Å². The third-order valence-electron chi connectivity index (χ3n) is 5.91. The van der Waals surface area contributed by atoms with E-state index in [0.29, 0.717) is 30.2 Å². The van der Waals surface area contributed by atoms with E-state index in [1.165, 1.54) is 4.31 Å². The summed E-state index contributed by atoms with van der Waals surface area (Å²) in [5.74, 6) is 0.619. The topological polar surface area (TPSA) is 99.8 Å². The monoisotopic (exact) mass is 467 g/mol. The van der Waals surface area contributed by atoms with Crippen molar-refractivity contribution in [1.29, 1.82) is 0 Å². The van der Waals surface area contributed by atoms with Crippen LogP contribution in [0.25, 0.3) is 11.4 Å². The lowest BCUT2D eigenvalue weighted by Crippen LogP contribution is -2.53. The second-order valence-electron chi connectivity index (χ2n) is 8.16. The maximum absolute atomic E-state index is 13.2. The number of carbonyl (C=O) groups excluding carboxylic acids is 1. The number of hydrogen-bond donors (Lipinski definition) is 0. The first-order chi connectivity index (χ1) is 14.9.